The molecule has 0 fully saturated rings. The normalized spacial score (nSPS) is 10.6. The van der Waals surface area contributed by atoms with Crippen molar-refractivity contribution in [2.45, 2.75) is 19.9 Å². The van der Waals surface area contributed by atoms with Crippen LogP contribution >= 0.6 is 11.3 Å². The summed E-state index contributed by atoms with van der Waals surface area (Å²) < 4.78 is 0. The van der Waals surface area contributed by atoms with Crippen LogP contribution in [-0.2, 0) is 13.0 Å². The van der Waals surface area contributed by atoms with Crippen molar-refractivity contribution in [1.29, 1.82) is 0 Å². The zero-order valence-electron chi connectivity index (χ0n) is 10.9. The van der Waals surface area contributed by atoms with Crippen LogP contribution in [-0.4, -0.2) is 18.6 Å². The highest BCUT2D eigenvalue weighted by Crippen LogP contribution is 2.20. The molecule has 1 aromatic heterocycles. The van der Waals surface area contributed by atoms with Gasteiger partial charge in [0.25, 0.3) is 0 Å². The topological polar surface area (TPSA) is 42.2 Å². The minimum atomic E-state index is 0.704. The minimum Gasteiger partial charge on any atom is -0.369 e. The van der Waals surface area contributed by atoms with Gasteiger partial charge in [0.05, 0.1) is 17.7 Å². The van der Waals surface area contributed by atoms with E-state index in [0.717, 1.165) is 18.7 Å². The lowest BCUT2D eigenvalue weighted by Gasteiger charge is -2.19. The predicted molar refractivity (Wildman–Crippen MR) is 78.2 cm³/mol. The van der Waals surface area contributed by atoms with Gasteiger partial charge in [0, 0.05) is 17.6 Å². The summed E-state index contributed by atoms with van der Waals surface area (Å²) >= 11 is 1.71. The van der Waals surface area contributed by atoms with Gasteiger partial charge in [-0.25, -0.2) is 4.98 Å². The number of rotatable bonds is 5. The van der Waals surface area contributed by atoms with E-state index in [4.69, 9.17) is 5.73 Å². The summed E-state index contributed by atoms with van der Waals surface area (Å²) in [5.74, 6) is 0. The molecule has 18 heavy (non-hydrogen) atoms. The largest absolute Gasteiger partial charge is 0.369 e. The van der Waals surface area contributed by atoms with E-state index in [-0.39, 0.29) is 0 Å². The molecule has 2 N–H and O–H groups in total. The molecule has 4 heteroatoms. The first-order valence-corrected chi connectivity index (χ1v) is 6.98. The Morgan fingerprint density at radius 1 is 1.28 bits per heavy atom. The molecule has 96 valence electrons. The van der Waals surface area contributed by atoms with Crippen LogP contribution in [0.25, 0.3) is 0 Å². The molecule has 0 aliphatic carbocycles. The van der Waals surface area contributed by atoms with E-state index in [2.05, 4.69) is 48.1 Å². The third-order valence-electron chi connectivity index (χ3n) is 3.04. The smallest absolute Gasteiger partial charge is 0.0798 e. The third-order valence-corrected chi connectivity index (χ3v) is 3.96. The van der Waals surface area contributed by atoms with Crippen LogP contribution in [0.3, 0.4) is 0 Å². The van der Waals surface area contributed by atoms with Crippen molar-refractivity contribution in [1.82, 2.24) is 4.98 Å². The van der Waals surface area contributed by atoms with Crippen LogP contribution < -0.4 is 10.6 Å². The molecule has 3 nitrogen and oxygen atoms in total. The molecule has 0 aliphatic heterocycles. The summed E-state index contributed by atoms with van der Waals surface area (Å²) in [7, 11) is 2.11. The van der Waals surface area contributed by atoms with Gasteiger partial charge in [-0.1, -0.05) is 12.1 Å². The summed E-state index contributed by atoms with van der Waals surface area (Å²) in [5, 5.41) is 0. The van der Waals surface area contributed by atoms with E-state index in [1.165, 1.54) is 16.1 Å². The quantitative estimate of drug-likeness (QED) is 0.899. The number of thiazole rings is 1. The number of aromatic nitrogens is 1. The first kappa shape index (κ1) is 13.1. The molecular formula is C14H19N3S. The van der Waals surface area contributed by atoms with E-state index in [9.17, 15) is 0 Å². The molecule has 1 heterocycles. The van der Waals surface area contributed by atoms with Crippen molar-refractivity contribution in [3.8, 4) is 0 Å². The number of anilines is 1. The van der Waals surface area contributed by atoms with Crippen LogP contribution in [0.5, 0.6) is 0 Å². The fraction of sp³-hybridized carbons (Fsp3) is 0.357. The van der Waals surface area contributed by atoms with Crippen LogP contribution in [0.15, 0.2) is 29.8 Å². The Balaban J connectivity index is 2.04. The highest BCUT2D eigenvalue weighted by atomic mass is 32.1. The zero-order chi connectivity index (χ0) is 13.0. The molecule has 0 saturated carbocycles. The van der Waals surface area contributed by atoms with E-state index in [1.54, 1.807) is 11.3 Å². The van der Waals surface area contributed by atoms with Gasteiger partial charge in [0.1, 0.15) is 0 Å². The molecule has 0 aliphatic rings. The predicted octanol–water partition coefficient (Wildman–Crippen LogP) is 2.59. The lowest BCUT2D eigenvalue weighted by Crippen LogP contribution is -2.16. The van der Waals surface area contributed by atoms with E-state index >= 15 is 0 Å². The lowest BCUT2D eigenvalue weighted by atomic mass is 10.1. The maximum Gasteiger partial charge on any atom is 0.0798 e. The van der Waals surface area contributed by atoms with Crippen molar-refractivity contribution in [3.05, 3.63) is 45.9 Å². The van der Waals surface area contributed by atoms with Crippen molar-refractivity contribution in [3.63, 3.8) is 0 Å². The molecule has 0 saturated heterocycles. The fourth-order valence-electron chi connectivity index (χ4n) is 1.87. The second-order valence-corrected chi connectivity index (χ2v) is 5.36. The second kappa shape index (κ2) is 5.98. The number of hydrogen-bond donors (Lipinski definition) is 1. The first-order valence-electron chi connectivity index (χ1n) is 6.10. The van der Waals surface area contributed by atoms with Crippen LogP contribution in [0.2, 0.25) is 0 Å². The number of benzene rings is 1. The molecule has 0 atom stereocenters. The van der Waals surface area contributed by atoms with Gasteiger partial charge in [0.15, 0.2) is 0 Å². The van der Waals surface area contributed by atoms with Gasteiger partial charge >= 0.3 is 0 Å². The van der Waals surface area contributed by atoms with Crippen molar-refractivity contribution < 1.29 is 0 Å². The summed E-state index contributed by atoms with van der Waals surface area (Å²) in [6.45, 7) is 3.67. The van der Waals surface area contributed by atoms with Gasteiger partial charge in [-0.3, -0.25) is 0 Å². The maximum atomic E-state index is 5.55. The first-order chi connectivity index (χ1) is 8.70. The Labute approximate surface area is 112 Å². The molecule has 1 aromatic carbocycles. The van der Waals surface area contributed by atoms with Crippen molar-refractivity contribution in [2.75, 3.05) is 18.5 Å². The molecule has 2 aromatic rings. The second-order valence-electron chi connectivity index (χ2n) is 4.42. The number of nitrogens with two attached hydrogens (primary N) is 1. The molecule has 0 radical (unpaired) electrons. The Hall–Kier alpha value is -1.39. The Bertz CT molecular complexity index is 490. The average molecular weight is 261 g/mol. The van der Waals surface area contributed by atoms with Crippen LogP contribution in [0, 0.1) is 6.92 Å². The van der Waals surface area contributed by atoms with Crippen LogP contribution in [0.1, 0.15) is 16.1 Å². The Morgan fingerprint density at radius 2 is 2.00 bits per heavy atom. The van der Waals surface area contributed by atoms with Crippen molar-refractivity contribution in [2.24, 2.45) is 5.73 Å². The van der Waals surface area contributed by atoms with E-state index in [1.807, 2.05) is 5.51 Å². The molecule has 0 spiro atoms. The third kappa shape index (κ3) is 3.09. The van der Waals surface area contributed by atoms with Crippen molar-refractivity contribution >= 4 is 17.0 Å². The zero-order valence-corrected chi connectivity index (χ0v) is 11.7. The average Bonchev–Trinajstić information content (AvgIpc) is 2.76. The Morgan fingerprint density at radius 3 is 2.56 bits per heavy atom. The summed E-state index contributed by atoms with van der Waals surface area (Å²) in [4.78, 5) is 7.85. The number of aryl methyl sites for hydroxylation is 1. The number of nitrogens with zero attached hydrogens (tertiary/aromatic N) is 2. The highest BCUT2D eigenvalue weighted by Gasteiger charge is 2.06. The highest BCUT2D eigenvalue weighted by molar-refractivity contribution is 7.09. The standard InChI is InChI=1S/C14H19N3S/c1-11-14(18-10-16-11)9-17(2)13-5-3-12(4-6-13)7-8-15/h3-6,10H,7-9,15H2,1-2H3. The summed E-state index contributed by atoms with van der Waals surface area (Å²) in [6.07, 6.45) is 0.942. The molecule has 0 bridgehead atoms. The summed E-state index contributed by atoms with van der Waals surface area (Å²) in [5.41, 5.74) is 11.1. The van der Waals surface area contributed by atoms with E-state index < -0.39 is 0 Å². The minimum absolute atomic E-state index is 0.704. The van der Waals surface area contributed by atoms with E-state index in [0.29, 0.717) is 6.54 Å². The SMILES string of the molecule is Cc1ncsc1CN(C)c1ccc(CCN)cc1. The molecular weight excluding hydrogens is 242 g/mol. The van der Waals surface area contributed by atoms with Gasteiger partial charge in [-0.2, -0.15) is 0 Å². The van der Waals surface area contributed by atoms with Gasteiger partial charge in [0.2, 0.25) is 0 Å². The number of hydrogen-bond acceptors (Lipinski definition) is 4. The molecule has 0 unspecified atom stereocenters. The Kier molecular flexibility index (Phi) is 4.33. The molecule has 0 amide bonds. The lowest BCUT2D eigenvalue weighted by molar-refractivity contribution is 0.922. The molecule has 2 rings (SSSR count). The maximum absolute atomic E-state index is 5.55. The summed E-state index contributed by atoms with van der Waals surface area (Å²) in [6, 6.07) is 8.61. The monoisotopic (exact) mass is 261 g/mol. The fourth-order valence-corrected chi connectivity index (χ4v) is 2.70. The van der Waals surface area contributed by atoms with Gasteiger partial charge in [-0.05, 0) is 37.6 Å². The van der Waals surface area contributed by atoms with Gasteiger partial charge in [-0.15, -0.1) is 11.3 Å². The van der Waals surface area contributed by atoms with Crippen LogP contribution in [0.4, 0.5) is 5.69 Å². The van der Waals surface area contributed by atoms with Gasteiger partial charge < -0.3 is 10.6 Å².